The van der Waals surface area contributed by atoms with Crippen LogP contribution in [0.25, 0.3) is 0 Å². The number of hydrogen-bond donors (Lipinski definition) is 0. The number of alkyl halides is 3. The lowest BCUT2D eigenvalue weighted by atomic mass is 10.4. The van der Waals surface area contributed by atoms with Gasteiger partial charge in [0.15, 0.2) is 5.69 Å². The quantitative estimate of drug-likeness (QED) is 0.618. The molecule has 6 heteroatoms. The lowest BCUT2D eigenvalue weighted by Gasteiger charge is -2.02. The molecule has 0 spiro atoms. The Morgan fingerprint density at radius 3 is 2.55 bits per heavy atom. The van der Waals surface area contributed by atoms with Crippen molar-refractivity contribution >= 4 is 11.6 Å². The van der Waals surface area contributed by atoms with E-state index in [1.54, 1.807) is 0 Å². The van der Waals surface area contributed by atoms with Crippen LogP contribution in [0, 0.1) is 0 Å². The molecule has 0 fully saturated rings. The fourth-order valence-electron chi connectivity index (χ4n) is 0.381. The van der Waals surface area contributed by atoms with Crippen molar-refractivity contribution < 1.29 is 15.9 Å². The van der Waals surface area contributed by atoms with E-state index in [1.807, 2.05) is 0 Å². The van der Waals surface area contributed by atoms with Crippen LogP contribution >= 0.6 is 11.6 Å². The molecule has 0 radical (unpaired) electrons. The summed E-state index contributed by atoms with van der Waals surface area (Å²) in [5.41, 5.74) is -1.50. The Balaban J connectivity index is 3.32. The van der Waals surface area contributed by atoms with Gasteiger partial charge >= 0.3 is 6.18 Å². The molecule has 0 saturated heterocycles. The molecule has 0 amide bonds. The number of nitrogens with zero attached hydrogens (tertiary/aromatic N) is 2. The van der Waals surface area contributed by atoms with E-state index in [0.29, 0.717) is 0 Å². The van der Waals surface area contributed by atoms with Gasteiger partial charge in [-0.15, -0.1) is 0 Å². The van der Waals surface area contributed by atoms with E-state index in [0.717, 1.165) is 0 Å². The van der Waals surface area contributed by atoms with Gasteiger partial charge in [0.2, 0.25) is 0 Å². The molecular formula is C5H2ClF3N2. The first kappa shape index (κ1) is 5.77. The van der Waals surface area contributed by atoms with Crippen LogP contribution in [-0.2, 0) is 6.18 Å². The molecule has 0 unspecified atom stereocenters. The SMILES string of the molecule is [2H]c1nc(C(F)(F)F)c([2H])nc1Cl. The summed E-state index contributed by atoms with van der Waals surface area (Å²) in [4.78, 5) is 5.80. The van der Waals surface area contributed by atoms with Crippen LogP contribution in [0.2, 0.25) is 5.15 Å². The van der Waals surface area contributed by atoms with Gasteiger partial charge in [0, 0.05) is 0 Å². The third kappa shape index (κ3) is 2.04. The van der Waals surface area contributed by atoms with Gasteiger partial charge in [0.1, 0.15) is 5.15 Å². The molecule has 0 bridgehead atoms. The first-order valence-corrected chi connectivity index (χ1v) is 2.78. The first-order valence-electron chi connectivity index (χ1n) is 3.40. The van der Waals surface area contributed by atoms with Crippen molar-refractivity contribution in [3.05, 3.63) is 23.2 Å². The summed E-state index contributed by atoms with van der Waals surface area (Å²) in [6.45, 7) is 0. The molecular weight excluding hydrogens is 181 g/mol. The molecule has 0 saturated carbocycles. The molecule has 0 atom stereocenters. The number of rotatable bonds is 0. The highest BCUT2D eigenvalue weighted by atomic mass is 35.5. The van der Waals surface area contributed by atoms with Gasteiger partial charge in [-0.25, -0.2) is 9.97 Å². The summed E-state index contributed by atoms with van der Waals surface area (Å²) in [6, 6.07) is 0. The van der Waals surface area contributed by atoms with Gasteiger partial charge < -0.3 is 0 Å². The van der Waals surface area contributed by atoms with E-state index in [9.17, 15) is 13.2 Å². The molecule has 0 aromatic carbocycles. The average Bonchev–Trinajstić information content (AvgIpc) is 1.94. The van der Waals surface area contributed by atoms with Crippen molar-refractivity contribution in [1.82, 2.24) is 9.97 Å². The molecule has 0 N–H and O–H groups in total. The van der Waals surface area contributed by atoms with Crippen molar-refractivity contribution in [2.45, 2.75) is 6.18 Å². The van der Waals surface area contributed by atoms with Gasteiger partial charge in [0.25, 0.3) is 0 Å². The Morgan fingerprint density at radius 1 is 1.36 bits per heavy atom. The van der Waals surface area contributed by atoms with E-state index in [-0.39, 0.29) is 0 Å². The second kappa shape index (κ2) is 2.65. The molecule has 0 aliphatic rings. The van der Waals surface area contributed by atoms with Crippen LogP contribution in [0.1, 0.15) is 8.44 Å². The van der Waals surface area contributed by atoms with Crippen molar-refractivity contribution in [1.29, 1.82) is 0 Å². The highest BCUT2D eigenvalue weighted by Crippen LogP contribution is 2.26. The Labute approximate surface area is 67.8 Å². The van der Waals surface area contributed by atoms with Crippen molar-refractivity contribution in [3.63, 3.8) is 0 Å². The fourth-order valence-corrected chi connectivity index (χ4v) is 0.465. The maximum Gasteiger partial charge on any atom is 0.434 e. The summed E-state index contributed by atoms with van der Waals surface area (Å²) < 4.78 is 49.7. The van der Waals surface area contributed by atoms with E-state index in [1.165, 1.54) is 0 Å². The first-order chi connectivity index (χ1) is 5.82. The topological polar surface area (TPSA) is 25.8 Å². The second-order valence-corrected chi connectivity index (χ2v) is 1.94. The molecule has 11 heavy (non-hydrogen) atoms. The van der Waals surface area contributed by atoms with Gasteiger partial charge in [-0.2, -0.15) is 13.2 Å². The van der Waals surface area contributed by atoms with E-state index in [2.05, 4.69) is 9.97 Å². The van der Waals surface area contributed by atoms with Gasteiger partial charge in [0.05, 0.1) is 15.1 Å². The predicted molar refractivity (Wildman–Crippen MR) is 32.0 cm³/mol. The summed E-state index contributed by atoms with van der Waals surface area (Å²) in [5, 5.41) is -0.516. The van der Waals surface area contributed by atoms with Crippen molar-refractivity contribution in [3.8, 4) is 0 Å². The van der Waals surface area contributed by atoms with E-state index in [4.69, 9.17) is 14.3 Å². The molecule has 1 aromatic heterocycles. The Bertz CT molecular complexity index is 341. The highest BCUT2D eigenvalue weighted by Gasteiger charge is 2.32. The minimum absolute atomic E-state index is 0.516. The largest absolute Gasteiger partial charge is 0.434 e. The lowest BCUT2D eigenvalue weighted by Crippen LogP contribution is -2.07. The molecule has 0 aliphatic heterocycles. The van der Waals surface area contributed by atoms with Crippen LogP contribution in [-0.4, -0.2) is 9.97 Å². The Kier molecular flexibility index (Phi) is 1.39. The summed E-state index contributed by atoms with van der Waals surface area (Å²) in [6.07, 6.45) is -6.64. The van der Waals surface area contributed by atoms with Crippen LogP contribution in [0.15, 0.2) is 12.3 Å². The zero-order valence-corrected chi connectivity index (χ0v) is 5.66. The molecule has 60 valence electrons. The second-order valence-electron chi connectivity index (χ2n) is 1.58. The smallest absolute Gasteiger partial charge is 0.247 e. The third-order valence-corrected chi connectivity index (χ3v) is 0.957. The van der Waals surface area contributed by atoms with Crippen LogP contribution in [0.4, 0.5) is 13.2 Å². The maximum absolute atomic E-state index is 12.0. The van der Waals surface area contributed by atoms with E-state index >= 15 is 0 Å². The van der Waals surface area contributed by atoms with Crippen molar-refractivity contribution in [2.24, 2.45) is 0 Å². The predicted octanol–water partition coefficient (Wildman–Crippen LogP) is 2.15. The fraction of sp³-hybridized carbons (Fsp3) is 0.200. The molecule has 1 heterocycles. The molecule has 0 aliphatic carbocycles. The summed E-state index contributed by atoms with van der Waals surface area (Å²) in [5.74, 6) is 0. The number of hydrogen-bond acceptors (Lipinski definition) is 2. The van der Waals surface area contributed by atoms with Crippen LogP contribution in [0.3, 0.4) is 0 Å². The number of halogens is 4. The summed E-state index contributed by atoms with van der Waals surface area (Å²) in [7, 11) is 0. The van der Waals surface area contributed by atoms with Crippen LogP contribution < -0.4 is 0 Å². The van der Waals surface area contributed by atoms with Gasteiger partial charge in [-0.3, -0.25) is 0 Å². The zero-order valence-electron chi connectivity index (χ0n) is 6.91. The van der Waals surface area contributed by atoms with Crippen LogP contribution in [0.5, 0.6) is 0 Å². The lowest BCUT2D eigenvalue weighted by molar-refractivity contribution is -0.141. The third-order valence-electron chi connectivity index (χ3n) is 0.788. The molecule has 1 aromatic rings. The standard InChI is InChI=1S/C5H2ClF3N2/c6-4-2-10-3(1-11-4)5(7,8)9/h1-2H/i1D,2D. The Hall–Kier alpha value is -0.840. The molecule has 1 rings (SSSR count). The minimum atomic E-state index is -4.77. The zero-order chi connectivity index (χ0) is 10.2. The molecule has 2 nitrogen and oxygen atoms in total. The van der Waals surface area contributed by atoms with Crippen molar-refractivity contribution in [2.75, 3.05) is 0 Å². The van der Waals surface area contributed by atoms with Gasteiger partial charge in [-0.1, -0.05) is 11.6 Å². The highest BCUT2D eigenvalue weighted by molar-refractivity contribution is 6.29. The minimum Gasteiger partial charge on any atom is -0.247 e. The average molecular weight is 185 g/mol. The number of aromatic nitrogens is 2. The van der Waals surface area contributed by atoms with Gasteiger partial charge in [-0.05, 0) is 0 Å². The summed E-state index contributed by atoms with van der Waals surface area (Å²) >= 11 is 5.19. The van der Waals surface area contributed by atoms with E-state index < -0.39 is 29.4 Å². The monoisotopic (exact) mass is 184 g/mol. The normalized spacial score (nSPS) is 14.2. The maximum atomic E-state index is 12.0. The Morgan fingerprint density at radius 2 is 2.00 bits per heavy atom.